The lowest BCUT2D eigenvalue weighted by Crippen LogP contribution is -2.56. The summed E-state index contributed by atoms with van der Waals surface area (Å²) in [5, 5.41) is 0. The third kappa shape index (κ3) is 2.45. The maximum Gasteiger partial charge on any atom is 0.236 e. The lowest BCUT2D eigenvalue weighted by molar-refractivity contribution is -0.130. The highest BCUT2D eigenvalue weighted by atomic mass is 16.2. The first-order valence-corrected chi connectivity index (χ1v) is 5.26. The largest absolute Gasteiger partial charge is 0.343 e. The van der Waals surface area contributed by atoms with Crippen LogP contribution < -0.4 is 5.73 Å². The topological polar surface area (TPSA) is 49.6 Å². The molecule has 4 heteroatoms. The highest BCUT2D eigenvalue weighted by molar-refractivity contribution is 5.77. The van der Waals surface area contributed by atoms with E-state index in [2.05, 4.69) is 18.7 Å². The third-order valence-electron chi connectivity index (χ3n) is 2.94. The van der Waals surface area contributed by atoms with E-state index in [1.807, 2.05) is 7.05 Å². The zero-order valence-corrected chi connectivity index (χ0v) is 9.36. The Morgan fingerprint density at radius 3 is 2.64 bits per heavy atom. The number of hydrogen-bond acceptors (Lipinski definition) is 3. The van der Waals surface area contributed by atoms with Gasteiger partial charge in [0.1, 0.15) is 0 Å². The van der Waals surface area contributed by atoms with Gasteiger partial charge in [0.05, 0.1) is 6.54 Å². The van der Waals surface area contributed by atoms with E-state index in [1.165, 1.54) is 6.42 Å². The number of likely N-dealkylation sites (N-methyl/N-ethyl adjacent to an activating group) is 1. The van der Waals surface area contributed by atoms with Crippen molar-refractivity contribution in [2.45, 2.75) is 32.4 Å². The fourth-order valence-electron chi connectivity index (χ4n) is 1.91. The molecule has 2 N–H and O–H groups in total. The Bertz CT molecular complexity index is 206. The van der Waals surface area contributed by atoms with Gasteiger partial charge in [-0.2, -0.15) is 0 Å². The van der Waals surface area contributed by atoms with Crippen LogP contribution in [0.2, 0.25) is 0 Å². The highest BCUT2D eigenvalue weighted by Gasteiger charge is 2.31. The summed E-state index contributed by atoms with van der Waals surface area (Å²) in [6.45, 7) is 6.47. The molecule has 1 atom stereocenters. The zero-order chi connectivity index (χ0) is 10.7. The minimum atomic E-state index is 0.0283. The Hall–Kier alpha value is -0.610. The van der Waals surface area contributed by atoms with Crippen LogP contribution in [-0.4, -0.2) is 54.5 Å². The van der Waals surface area contributed by atoms with Gasteiger partial charge in [0.2, 0.25) is 5.91 Å². The van der Waals surface area contributed by atoms with Gasteiger partial charge in [-0.25, -0.2) is 0 Å². The molecule has 0 aromatic carbocycles. The molecule has 0 aromatic rings. The average molecular weight is 199 g/mol. The summed E-state index contributed by atoms with van der Waals surface area (Å²) in [7, 11) is 1.83. The van der Waals surface area contributed by atoms with E-state index in [-0.39, 0.29) is 12.5 Å². The normalized spacial score (nSPS) is 22.2. The van der Waals surface area contributed by atoms with Gasteiger partial charge in [0, 0.05) is 32.2 Å². The van der Waals surface area contributed by atoms with Crippen LogP contribution in [0.4, 0.5) is 0 Å². The maximum absolute atomic E-state index is 11.2. The second-order valence-corrected chi connectivity index (χ2v) is 4.25. The Labute approximate surface area is 86.0 Å². The van der Waals surface area contributed by atoms with E-state index in [9.17, 15) is 4.79 Å². The number of rotatable bonds is 4. The number of carbonyl (C=O) groups excluding carboxylic acids is 1. The molecule has 1 heterocycles. The standard InChI is InChI=1S/C10H21N3O/c1-8(2)13-5-4-9(13)7-12(3)10(14)6-11/h8-9H,4-7,11H2,1-3H3. The van der Waals surface area contributed by atoms with Crippen molar-refractivity contribution < 1.29 is 4.79 Å². The van der Waals surface area contributed by atoms with Crippen LogP contribution in [0, 0.1) is 0 Å². The minimum absolute atomic E-state index is 0.0283. The van der Waals surface area contributed by atoms with E-state index < -0.39 is 0 Å². The van der Waals surface area contributed by atoms with Crippen molar-refractivity contribution in [1.29, 1.82) is 0 Å². The highest BCUT2D eigenvalue weighted by Crippen LogP contribution is 2.20. The van der Waals surface area contributed by atoms with Crippen LogP contribution >= 0.6 is 0 Å². The first-order valence-electron chi connectivity index (χ1n) is 5.26. The molecule has 0 saturated carbocycles. The van der Waals surface area contributed by atoms with E-state index in [0.717, 1.165) is 13.1 Å². The summed E-state index contributed by atoms with van der Waals surface area (Å²) in [6, 6.07) is 1.12. The molecule has 0 aromatic heterocycles. The number of nitrogens with zero attached hydrogens (tertiary/aromatic N) is 2. The van der Waals surface area contributed by atoms with Crippen LogP contribution in [0.5, 0.6) is 0 Å². The van der Waals surface area contributed by atoms with Crippen LogP contribution in [0.25, 0.3) is 0 Å². The number of nitrogens with two attached hydrogens (primary N) is 1. The Kier molecular flexibility index (Phi) is 3.89. The third-order valence-corrected chi connectivity index (χ3v) is 2.94. The fourth-order valence-corrected chi connectivity index (χ4v) is 1.91. The van der Waals surface area contributed by atoms with Crippen LogP contribution in [0.15, 0.2) is 0 Å². The van der Waals surface area contributed by atoms with Crippen LogP contribution in [0.3, 0.4) is 0 Å². The second kappa shape index (κ2) is 4.75. The van der Waals surface area contributed by atoms with Gasteiger partial charge >= 0.3 is 0 Å². The van der Waals surface area contributed by atoms with E-state index in [0.29, 0.717) is 12.1 Å². The van der Waals surface area contributed by atoms with Crippen molar-refractivity contribution in [1.82, 2.24) is 9.80 Å². The summed E-state index contributed by atoms with van der Waals surface area (Å²) in [6.07, 6.45) is 1.19. The maximum atomic E-state index is 11.2. The molecule has 0 bridgehead atoms. The summed E-state index contributed by atoms with van der Waals surface area (Å²) in [5.74, 6) is 0.0283. The van der Waals surface area contributed by atoms with Crippen LogP contribution in [0.1, 0.15) is 20.3 Å². The van der Waals surface area contributed by atoms with Crippen molar-refractivity contribution in [3.8, 4) is 0 Å². The predicted molar refractivity (Wildman–Crippen MR) is 56.9 cm³/mol. The Morgan fingerprint density at radius 1 is 1.64 bits per heavy atom. The smallest absolute Gasteiger partial charge is 0.236 e. The predicted octanol–water partition coefficient (Wildman–Crippen LogP) is -0.114. The molecular weight excluding hydrogens is 178 g/mol. The van der Waals surface area contributed by atoms with Gasteiger partial charge in [-0.05, 0) is 20.3 Å². The minimum Gasteiger partial charge on any atom is -0.343 e. The summed E-state index contributed by atoms with van der Waals surface area (Å²) in [4.78, 5) is 15.4. The van der Waals surface area contributed by atoms with E-state index in [4.69, 9.17) is 5.73 Å². The lowest BCUT2D eigenvalue weighted by Gasteiger charge is -2.45. The first kappa shape index (κ1) is 11.5. The molecule has 0 radical (unpaired) electrons. The van der Waals surface area contributed by atoms with Crippen molar-refractivity contribution in [3.05, 3.63) is 0 Å². The molecule has 1 aliphatic heterocycles. The molecule has 1 fully saturated rings. The summed E-state index contributed by atoms with van der Waals surface area (Å²) < 4.78 is 0. The van der Waals surface area contributed by atoms with Crippen LogP contribution in [-0.2, 0) is 4.79 Å². The molecule has 0 aliphatic carbocycles. The van der Waals surface area contributed by atoms with E-state index >= 15 is 0 Å². The second-order valence-electron chi connectivity index (χ2n) is 4.25. The van der Waals surface area contributed by atoms with E-state index in [1.54, 1.807) is 4.90 Å². The quantitative estimate of drug-likeness (QED) is 0.687. The Balaban J connectivity index is 2.34. The first-order chi connectivity index (χ1) is 6.56. The van der Waals surface area contributed by atoms with Crippen molar-refractivity contribution >= 4 is 5.91 Å². The molecule has 1 aliphatic rings. The zero-order valence-electron chi connectivity index (χ0n) is 9.36. The van der Waals surface area contributed by atoms with Gasteiger partial charge in [-0.3, -0.25) is 9.69 Å². The average Bonchev–Trinajstić information content (AvgIpc) is 2.09. The molecule has 82 valence electrons. The monoisotopic (exact) mass is 199 g/mol. The molecule has 4 nitrogen and oxygen atoms in total. The molecule has 1 unspecified atom stereocenters. The molecular formula is C10H21N3O. The summed E-state index contributed by atoms with van der Waals surface area (Å²) >= 11 is 0. The number of likely N-dealkylation sites (tertiary alicyclic amines) is 1. The number of hydrogen-bond donors (Lipinski definition) is 1. The number of amides is 1. The molecule has 1 saturated heterocycles. The van der Waals surface area contributed by atoms with Gasteiger partial charge in [0.15, 0.2) is 0 Å². The summed E-state index contributed by atoms with van der Waals surface area (Å²) in [5.41, 5.74) is 5.30. The lowest BCUT2D eigenvalue weighted by atomic mass is 10.0. The van der Waals surface area contributed by atoms with Crippen molar-refractivity contribution in [2.24, 2.45) is 5.73 Å². The molecule has 1 rings (SSSR count). The molecule has 0 spiro atoms. The molecule has 14 heavy (non-hydrogen) atoms. The Morgan fingerprint density at radius 2 is 2.29 bits per heavy atom. The van der Waals surface area contributed by atoms with Gasteiger partial charge in [0.25, 0.3) is 0 Å². The van der Waals surface area contributed by atoms with Crippen molar-refractivity contribution in [2.75, 3.05) is 26.7 Å². The van der Waals surface area contributed by atoms with Gasteiger partial charge in [-0.15, -0.1) is 0 Å². The molecule has 1 amide bonds. The van der Waals surface area contributed by atoms with Gasteiger partial charge in [-0.1, -0.05) is 0 Å². The SMILES string of the molecule is CC(C)N1CCC1CN(C)C(=O)CN. The van der Waals surface area contributed by atoms with Crippen molar-refractivity contribution in [3.63, 3.8) is 0 Å². The van der Waals surface area contributed by atoms with Gasteiger partial charge < -0.3 is 10.6 Å². The number of carbonyl (C=O) groups is 1. The fraction of sp³-hybridized carbons (Fsp3) is 0.900.